The molecule has 130 valence electrons. The van der Waals surface area contributed by atoms with Crippen LogP contribution in [0.3, 0.4) is 0 Å². The second kappa shape index (κ2) is 9.67. The molecule has 1 amide bonds. The van der Waals surface area contributed by atoms with Crippen LogP contribution in [0.15, 0.2) is 30.3 Å². The minimum absolute atomic E-state index is 0.0683. The molecule has 24 heavy (non-hydrogen) atoms. The van der Waals surface area contributed by atoms with E-state index >= 15 is 0 Å². The van der Waals surface area contributed by atoms with E-state index in [9.17, 15) is 4.79 Å². The lowest BCUT2D eigenvalue weighted by molar-refractivity contribution is -0.116. The maximum atomic E-state index is 12.3. The van der Waals surface area contributed by atoms with Crippen molar-refractivity contribution >= 4 is 45.7 Å². The van der Waals surface area contributed by atoms with Crippen LogP contribution in [-0.4, -0.2) is 54.3 Å². The highest BCUT2D eigenvalue weighted by Crippen LogP contribution is 2.24. The van der Waals surface area contributed by atoms with Crippen molar-refractivity contribution in [2.24, 2.45) is 0 Å². The van der Waals surface area contributed by atoms with Gasteiger partial charge in [-0.15, -0.1) is 23.2 Å². The summed E-state index contributed by atoms with van der Waals surface area (Å²) in [7, 11) is 1.57. The van der Waals surface area contributed by atoms with Crippen LogP contribution in [0.25, 0.3) is 10.9 Å². The number of anilines is 1. The lowest BCUT2D eigenvalue weighted by Crippen LogP contribution is -2.31. The number of fused-ring (bicyclic) bond motifs is 1. The molecular weight excluding hydrogens is 349 g/mol. The van der Waals surface area contributed by atoms with Gasteiger partial charge in [0.15, 0.2) is 0 Å². The van der Waals surface area contributed by atoms with Crippen LogP contribution in [0.4, 0.5) is 5.69 Å². The molecule has 0 fully saturated rings. The van der Waals surface area contributed by atoms with Crippen LogP contribution in [0.5, 0.6) is 5.88 Å². The number of nitrogens with one attached hydrogen (secondary N) is 1. The number of para-hydroxylation sites is 1. The number of nitrogens with zero attached hydrogens (tertiary/aromatic N) is 2. The van der Waals surface area contributed by atoms with Gasteiger partial charge in [0.1, 0.15) is 0 Å². The third kappa shape index (κ3) is 5.23. The number of aromatic nitrogens is 1. The molecule has 1 aromatic carbocycles. The van der Waals surface area contributed by atoms with Gasteiger partial charge in [0.05, 0.1) is 18.3 Å². The quantitative estimate of drug-likeness (QED) is 0.688. The number of benzene rings is 1. The summed E-state index contributed by atoms with van der Waals surface area (Å²) in [6.45, 7) is 2.05. The molecule has 0 unspecified atom stereocenters. The molecule has 1 heterocycles. The number of hydrogen-bond donors (Lipinski definition) is 1. The molecule has 5 nitrogen and oxygen atoms in total. The molecule has 0 spiro atoms. The lowest BCUT2D eigenvalue weighted by atomic mass is 10.2. The van der Waals surface area contributed by atoms with E-state index in [2.05, 4.69) is 15.2 Å². The molecule has 1 aromatic heterocycles. The first-order valence-corrected chi connectivity index (χ1v) is 8.82. The summed E-state index contributed by atoms with van der Waals surface area (Å²) in [5, 5.41) is 3.87. The van der Waals surface area contributed by atoms with Gasteiger partial charge in [0.2, 0.25) is 11.8 Å². The second-order valence-electron chi connectivity index (χ2n) is 5.25. The molecule has 0 bridgehead atoms. The molecule has 0 aliphatic rings. The molecule has 7 heteroatoms. The van der Waals surface area contributed by atoms with Crippen molar-refractivity contribution in [2.75, 3.05) is 43.8 Å². The fraction of sp³-hybridized carbons (Fsp3) is 0.412. The normalized spacial score (nSPS) is 11.0. The van der Waals surface area contributed by atoms with Gasteiger partial charge >= 0.3 is 0 Å². The minimum Gasteiger partial charge on any atom is -0.481 e. The van der Waals surface area contributed by atoms with Gasteiger partial charge in [0, 0.05) is 49.3 Å². The highest BCUT2D eigenvalue weighted by atomic mass is 35.5. The van der Waals surface area contributed by atoms with Crippen molar-refractivity contribution < 1.29 is 9.53 Å². The molecule has 0 radical (unpaired) electrons. The molecule has 1 N–H and O–H groups in total. The Bertz CT molecular complexity index is 676. The molecule has 0 saturated carbocycles. The Morgan fingerprint density at radius 3 is 2.58 bits per heavy atom. The van der Waals surface area contributed by atoms with Crippen LogP contribution in [0.2, 0.25) is 0 Å². The molecular formula is C17H21Cl2N3O2. The van der Waals surface area contributed by atoms with E-state index in [0.717, 1.165) is 5.39 Å². The SMILES string of the molecule is COc1ccc2cccc(NC(=O)CCN(CCCl)CCCl)c2n1. The number of alkyl halides is 2. The van der Waals surface area contributed by atoms with Gasteiger partial charge in [-0.2, -0.15) is 0 Å². The van der Waals surface area contributed by atoms with Crippen LogP contribution < -0.4 is 10.1 Å². The third-order valence-corrected chi connectivity index (χ3v) is 3.97. The van der Waals surface area contributed by atoms with Gasteiger partial charge in [-0.1, -0.05) is 12.1 Å². The first kappa shape index (κ1) is 18.8. The number of rotatable bonds is 9. The summed E-state index contributed by atoms with van der Waals surface area (Å²) in [6.07, 6.45) is 0.369. The maximum absolute atomic E-state index is 12.3. The molecule has 0 aliphatic carbocycles. The highest BCUT2D eigenvalue weighted by molar-refractivity contribution is 6.18. The third-order valence-electron chi connectivity index (χ3n) is 3.63. The van der Waals surface area contributed by atoms with Crippen molar-refractivity contribution in [2.45, 2.75) is 6.42 Å². The van der Waals surface area contributed by atoms with E-state index in [1.165, 1.54) is 0 Å². The predicted octanol–water partition coefficient (Wildman–Crippen LogP) is 3.35. The number of pyridine rings is 1. The van der Waals surface area contributed by atoms with Gasteiger partial charge in [0.25, 0.3) is 0 Å². The largest absolute Gasteiger partial charge is 0.481 e. The average Bonchev–Trinajstić information content (AvgIpc) is 2.60. The van der Waals surface area contributed by atoms with E-state index in [4.69, 9.17) is 27.9 Å². The van der Waals surface area contributed by atoms with Gasteiger partial charge in [-0.3, -0.25) is 4.79 Å². The van der Waals surface area contributed by atoms with Gasteiger partial charge in [-0.05, 0) is 12.1 Å². The summed E-state index contributed by atoms with van der Waals surface area (Å²) in [5.74, 6) is 1.48. The Morgan fingerprint density at radius 2 is 1.92 bits per heavy atom. The molecule has 0 aliphatic heterocycles. The standard InChI is InChI=1S/C17H21Cl2N3O2/c1-24-16-6-5-13-3-2-4-14(17(13)21-16)20-15(23)7-10-22(11-8-18)12-9-19/h2-6H,7-12H2,1H3,(H,20,23). The number of carbonyl (C=O) groups excluding carboxylic acids is 1. The van der Waals surface area contributed by atoms with E-state index in [0.29, 0.717) is 54.9 Å². The van der Waals surface area contributed by atoms with Gasteiger partial charge < -0.3 is 15.0 Å². The Hall–Kier alpha value is -1.56. The predicted molar refractivity (Wildman–Crippen MR) is 99.4 cm³/mol. The Labute approximate surface area is 151 Å². The van der Waals surface area contributed by atoms with Crippen LogP contribution in [0.1, 0.15) is 6.42 Å². The fourth-order valence-corrected chi connectivity index (χ4v) is 2.87. The van der Waals surface area contributed by atoms with E-state index in [1.54, 1.807) is 13.2 Å². The van der Waals surface area contributed by atoms with Crippen molar-refractivity contribution in [1.29, 1.82) is 0 Å². The van der Waals surface area contributed by atoms with Crippen molar-refractivity contribution in [3.63, 3.8) is 0 Å². The van der Waals surface area contributed by atoms with Crippen molar-refractivity contribution in [1.82, 2.24) is 9.88 Å². The summed E-state index contributed by atoms with van der Waals surface area (Å²) in [4.78, 5) is 18.8. The van der Waals surface area contributed by atoms with Crippen LogP contribution in [-0.2, 0) is 4.79 Å². The topological polar surface area (TPSA) is 54.5 Å². The lowest BCUT2D eigenvalue weighted by Gasteiger charge is -2.19. The number of amides is 1. The number of ether oxygens (including phenoxy) is 1. The fourth-order valence-electron chi connectivity index (χ4n) is 2.39. The summed E-state index contributed by atoms with van der Waals surface area (Å²) in [5.41, 5.74) is 1.39. The summed E-state index contributed by atoms with van der Waals surface area (Å²) in [6, 6.07) is 9.38. The number of carbonyl (C=O) groups is 1. The number of halogens is 2. The van der Waals surface area contributed by atoms with Crippen molar-refractivity contribution in [3.05, 3.63) is 30.3 Å². The highest BCUT2D eigenvalue weighted by Gasteiger charge is 2.10. The Morgan fingerprint density at radius 1 is 1.17 bits per heavy atom. The smallest absolute Gasteiger partial charge is 0.225 e. The molecule has 2 rings (SSSR count). The first-order chi connectivity index (χ1) is 11.7. The molecule has 2 aromatic rings. The van der Waals surface area contributed by atoms with Crippen molar-refractivity contribution in [3.8, 4) is 5.88 Å². The first-order valence-electron chi connectivity index (χ1n) is 7.76. The van der Waals surface area contributed by atoms with E-state index < -0.39 is 0 Å². The zero-order valence-electron chi connectivity index (χ0n) is 13.6. The van der Waals surface area contributed by atoms with E-state index in [-0.39, 0.29) is 5.91 Å². The van der Waals surface area contributed by atoms with Crippen LogP contribution in [0, 0.1) is 0 Å². The van der Waals surface area contributed by atoms with Crippen LogP contribution >= 0.6 is 23.2 Å². The summed E-state index contributed by atoms with van der Waals surface area (Å²) < 4.78 is 5.16. The van der Waals surface area contributed by atoms with Gasteiger partial charge in [-0.25, -0.2) is 4.98 Å². The van der Waals surface area contributed by atoms with E-state index in [1.807, 2.05) is 24.3 Å². The molecule has 0 saturated heterocycles. The number of methoxy groups -OCH3 is 1. The molecule has 0 atom stereocenters. The average molecular weight is 370 g/mol. The Kier molecular flexibility index (Phi) is 7.56. The zero-order chi connectivity index (χ0) is 17.4. The maximum Gasteiger partial charge on any atom is 0.225 e. The Balaban J connectivity index is 2.04. The zero-order valence-corrected chi connectivity index (χ0v) is 15.1. The minimum atomic E-state index is -0.0683. The number of hydrogen-bond acceptors (Lipinski definition) is 4. The second-order valence-corrected chi connectivity index (χ2v) is 6.00. The monoisotopic (exact) mass is 369 g/mol. The summed E-state index contributed by atoms with van der Waals surface area (Å²) >= 11 is 11.5.